The van der Waals surface area contributed by atoms with Crippen molar-refractivity contribution in [3.8, 4) is 0 Å². The van der Waals surface area contributed by atoms with Gasteiger partial charge in [0, 0.05) is 6.42 Å². The lowest BCUT2D eigenvalue weighted by molar-refractivity contribution is -0.120. The number of rotatable bonds is 15. The van der Waals surface area contributed by atoms with Gasteiger partial charge < -0.3 is 5.73 Å². The molecule has 0 aromatic carbocycles. The predicted octanol–water partition coefficient (Wildman–Crippen LogP) is 5.81. The molecule has 1 atom stereocenters. The van der Waals surface area contributed by atoms with Crippen LogP contribution in [0.25, 0.3) is 0 Å². The third-order valence-electron chi connectivity index (χ3n) is 4.03. The van der Waals surface area contributed by atoms with Crippen LogP contribution in [-0.4, -0.2) is 11.8 Å². The third-order valence-corrected chi connectivity index (χ3v) is 4.03. The minimum absolute atomic E-state index is 0. The summed E-state index contributed by atoms with van der Waals surface area (Å²) in [5.74, 6) is 0.216. The molecule has 0 aromatic rings. The third kappa shape index (κ3) is 17.9. The van der Waals surface area contributed by atoms with Crippen molar-refractivity contribution in [3.63, 3.8) is 0 Å². The van der Waals surface area contributed by atoms with E-state index in [-0.39, 0.29) is 24.2 Å². The van der Waals surface area contributed by atoms with Crippen LogP contribution in [0, 0.1) is 0 Å². The van der Waals surface area contributed by atoms with Crippen molar-refractivity contribution >= 4 is 18.2 Å². The van der Waals surface area contributed by atoms with Crippen LogP contribution in [0.15, 0.2) is 0 Å². The Hall–Kier alpha value is -0.0800. The van der Waals surface area contributed by atoms with E-state index in [0.717, 1.165) is 6.42 Å². The quantitative estimate of drug-likeness (QED) is 0.387. The molecular formula is C18H38ClNO. The van der Waals surface area contributed by atoms with Crippen LogP contribution in [-0.2, 0) is 4.79 Å². The van der Waals surface area contributed by atoms with Gasteiger partial charge in [0.25, 0.3) is 0 Å². The van der Waals surface area contributed by atoms with Crippen molar-refractivity contribution in [1.29, 1.82) is 0 Å². The number of ketones is 1. The molecule has 0 saturated heterocycles. The molecule has 0 bridgehead atoms. The summed E-state index contributed by atoms with van der Waals surface area (Å²) in [4.78, 5) is 11.3. The average molecular weight is 320 g/mol. The maximum Gasteiger partial charge on any atom is 0.149 e. The van der Waals surface area contributed by atoms with Crippen molar-refractivity contribution in [3.05, 3.63) is 0 Å². The molecule has 0 unspecified atom stereocenters. The first kappa shape index (κ1) is 23.2. The van der Waals surface area contributed by atoms with Gasteiger partial charge in [0.1, 0.15) is 5.78 Å². The summed E-state index contributed by atoms with van der Waals surface area (Å²) in [6.45, 7) is 4.05. The van der Waals surface area contributed by atoms with Crippen LogP contribution < -0.4 is 5.73 Å². The number of nitrogens with two attached hydrogens (primary N) is 1. The Morgan fingerprint density at radius 3 is 1.43 bits per heavy atom. The molecule has 0 saturated carbocycles. The van der Waals surface area contributed by atoms with Crippen molar-refractivity contribution < 1.29 is 4.79 Å². The molecule has 128 valence electrons. The van der Waals surface area contributed by atoms with Gasteiger partial charge >= 0.3 is 0 Å². The highest BCUT2D eigenvalue weighted by Crippen LogP contribution is 2.13. The first-order valence-corrected chi connectivity index (χ1v) is 8.96. The molecule has 21 heavy (non-hydrogen) atoms. The van der Waals surface area contributed by atoms with Gasteiger partial charge in [-0.05, 0) is 13.3 Å². The predicted molar refractivity (Wildman–Crippen MR) is 96.2 cm³/mol. The molecular weight excluding hydrogens is 282 g/mol. The molecule has 0 radical (unpaired) electrons. The highest BCUT2D eigenvalue weighted by atomic mass is 35.5. The van der Waals surface area contributed by atoms with Crippen molar-refractivity contribution in [2.45, 2.75) is 110 Å². The molecule has 0 aromatic heterocycles. The van der Waals surface area contributed by atoms with Gasteiger partial charge in [-0.15, -0.1) is 12.4 Å². The lowest BCUT2D eigenvalue weighted by atomic mass is 10.0. The van der Waals surface area contributed by atoms with E-state index >= 15 is 0 Å². The van der Waals surface area contributed by atoms with E-state index in [9.17, 15) is 4.79 Å². The van der Waals surface area contributed by atoms with E-state index < -0.39 is 0 Å². The lowest BCUT2D eigenvalue weighted by Crippen LogP contribution is -2.26. The number of unbranched alkanes of at least 4 members (excludes halogenated alkanes) is 12. The zero-order valence-corrected chi connectivity index (χ0v) is 15.2. The minimum Gasteiger partial charge on any atom is -0.322 e. The van der Waals surface area contributed by atoms with Gasteiger partial charge in [-0.2, -0.15) is 0 Å². The fourth-order valence-electron chi connectivity index (χ4n) is 2.54. The molecule has 0 aliphatic carbocycles. The lowest BCUT2D eigenvalue weighted by Gasteiger charge is -2.04. The Kier molecular flexibility index (Phi) is 19.8. The zero-order valence-electron chi connectivity index (χ0n) is 14.4. The normalized spacial score (nSPS) is 12.0. The second kappa shape index (κ2) is 18.0. The minimum atomic E-state index is -0.271. The second-order valence-electron chi connectivity index (χ2n) is 6.25. The number of carbonyl (C=O) groups excluding carboxylic acids is 1. The van der Waals surface area contributed by atoms with Crippen molar-refractivity contribution in [1.82, 2.24) is 0 Å². The summed E-state index contributed by atoms with van der Waals surface area (Å²) in [6.07, 6.45) is 18.1. The van der Waals surface area contributed by atoms with Crippen molar-refractivity contribution in [2.75, 3.05) is 0 Å². The van der Waals surface area contributed by atoms with Gasteiger partial charge in [0.2, 0.25) is 0 Å². The van der Waals surface area contributed by atoms with Crippen LogP contribution in [0.4, 0.5) is 0 Å². The molecule has 2 nitrogen and oxygen atoms in total. The van der Waals surface area contributed by atoms with Crippen LogP contribution in [0.1, 0.15) is 104 Å². The molecule has 3 heteroatoms. The first-order chi connectivity index (χ1) is 9.68. The summed E-state index contributed by atoms with van der Waals surface area (Å²) in [5, 5.41) is 0. The Labute approximate surface area is 139 Å². The van der Waals surface area contributed by atoms with Gasteiger partial charge in [-0.25, -0.2) is 0 Å². The van der Waals surface area contributed by atoms with Gasteiger partial charge in [-0.1, -0.05) is 84.0 Å². The largest absolute Gasteiger partial charge is 0.322 e. The van der Waals surface area contributed by atoms with E-state index in [1.54, 1.807) is 6.92 Å². The summed E-state index contributed by atoms with van der Waals surface area (Å²) >= 11 is 0. The highest BCUT2D eigenvalue weighted by molar-refractivity contribution is 5.85. The Morgan fingerprint density at radius 2 is 1.10 bits per heavy atom. The summed E-state index contributed by atoms with van der Waals surface area (Å²) < 4.78 is 0. The Bertz CT molecular complexity index is 219. The molecule has 0 aliphatic rings. The first-order valence-electron chi connectivity index (χ1n) is 8.96. The Morgan fingerprint density at radius 1 is 0.762 bits per heavy atom. The molecule has 0 fully saturated rings. The molecule has 0 heterocycles. The van der Waals surface area contributed by atoms with E-state index in [0.29, 0.717) is 6.42 Å². The van der Waals surface area contributed by atoms with Gasteiger partial charge in [0.15, 0.2) is 0 Å². The van der Waals surface area contributed by atoms with Crippen molar-refractivity contribution in [2.24, 2.45) is 5.73 Å². The molecule has 0 amide bonds. The van der Waals surface area contributed by atoms with E-state index in [1.807, 2.05) is 0 Å². The Balaban J connectivity index is 0. The van der Waals surface area contributed by atoms with Crippen LogP contribution in [0.2, 0.25) is 0 Å². The van der Waals surface area contributed by atoms with Gasteiger partial charge in [0.05, 0.1) is 6.04 Å². The number of halogens is 1. The molecule has 0 aliphatic heterocycles. The maximum atomic E-state index is 11.3. The monoisotopic (exact) mass is 319 g/mol. The maximum absolute atomic E-state index is 11.3. The molecule has 0 spiro atoms. The standard InChI is InChI=1S/C18H37NO.ClH/c1-3-4-5-6-7-8-9-10-11-12-13-14-15-16-18(20)17(2)19;/h17H,3-16,19H2,1-2H3;1H/t17-;/m0./s1. The number of carbonyl (C=O) groups is 1. The number of Topliss-reactive ketones (excluding diaryl/α,β-unsaturated/α-hetero) is 1. The van der Waals surface area contributed by atoms with Crippen LogP contribution in [0.5, 0.6) is 0 Å². The summed E-state index contributed by atoms with van der Waals surface area (Å²) in [7, 11) is 0. The molecule has 2 N–H and O–H groups in total. The fourth-order valence-corrected chi connectivity index (χ4v) is 2.54. The SMILES string of the molecule is CCCCCCCCCCCCCCCC(=O)[C@H](C)N.Cl. The van der Waals surface area contributed by atoms with E-state index in [1.165, 1.54) is 77.0 Å². The smallest absolute Gasteiger partial charge is 0.149 e. The van der Waals surface area contributed by atoms with E-state index in [4.69, 9.17) is 5.73 Å². The van der Waals surface area contributed by atoms with Gasteiger partial charge in [-0.3, -0.25) is 4.79 Å². The zero-order chi connectivity index (χ0) is 15.1. The summed E-state index contributed by atoms with van der Waals surface area (Å²) in [6, 6.07) is -0.271. The average Bonchev–Trinajstić information content (AvgIpc) is 2.43. The summed E-state index contributed by atoms with van der Waals surface area (Å²) in [5.41, 5.74) is 5.53. The van der Waals surface area contributed by atoms with Crippen LogP contribution >= 0.6 is 12.4 Å². The van der Waals surface area contributed by atoms with E-state index in [2.05, 4.69) is 6.92 Å². The number of hydrogen-bond acceptors (Lipinski definition) is 2. The second-order valence-corrected chi connectivity index (χ2v) is 6.25. The van der Waals surface area contributed by atoms with Crippen LogP contribution in [0.3, 0.4) is 0 Å². The fraction of sp³-hybridized carbons (Fsp3) is 0.944. The highest BCUT2D eigenvalue weighted by Gasteiger charge is 2.05. The topological polar surface area (TPSA) is 43.1 Å². The molecule has 0 rings (SSSR count). The number of hydrogen-bond donors (Lipinski definition) is 1.